The van der Waals surface area contributed by atoms with Crippen LogP contribution in [0.2, 0.25) is 0 Å². The van der Waals surface area contributed by atoms with Crippen LogP contribution in [-0.2, 0) is 9.47 Å². The molecule has 0 spiro atoms. The molecule has 0 radical (unpaired) electrons. The third-order valence-corrected chi connectivity index (χ3v) is 5.84. The number of urea groups is 1. The molecule has 0 aliphatic carbocycles. The predicted molar refractivity (Wildman–Crippen MR) is 118 cm³/mol. The van der Waals surface area contributed by atoms with Gasteiger partial charge in [-0.15, -0.1) is 0 Å². The summed E-state index contributed by atoms with van der Waals surface area (Å²) in [5, 5.41) is 12.0. The Morgan fingerprint density at radius 1 is 1.26 bits per heavy atom. The average Bonchev–Trinajstić information content (AvgIpc) is 3.17. The van der Waals surface area contributed by atoms with E-state index in [9.17, 15) is 14.7 Å². The van der Waals surface area contributed by atoms with Crippen LogP contribution in [0.3, 0.4) is 0 Å². The maximum atomic E-state index is 13.2. The Morgan fingerprint density at radius 2 is 2.12 bits per heavy atom. The summed E-state index contributed by atoms with van der Waals surface area (Å²) in [6.45, 7) is 5.79. The zero-order chi connectivity index (χ0) is 23.9. The molecule has 5 rings (SSSR count). The molecule has 3 aliphatic rings. The smallest absolute Gasteiger partial charge is 0.374 e. The summed E-state index contributed by atoms with van der Waals surface area (Å²) in [5.41, 5.74) is 0.632. The van der Waals surface area contributed by atoms with Gasteiger partial charge in [0.2, 0.25) is 11.7 Å². The summed E-state index contributed by atoms with van der Waals surface area (Å²) >= 11 is 0. The van der Waals surface area contributed by atoms with E-state index in [1.807, 2.05) is 13.8 Å². The SMILES string of the molecule is CC1(C)OCC(COc2cnc(NC(=O)N3c4nc(C(=O)O)ncc4N4CCCC3C4)cn2)O1. The van der Waals surface area contributed by atoms with Gasteiger partial charge in [0.25, 0.3) is 0 Å². The summed E-state index contributed by atoms with van der Waals surface area (Å²) in [6.07, 6.45) is 5.73. The number of aromatic carboxylic acids is 1. The molecule has 2 aromatic rings. The van der Waals surface area contributed by atoms with Crippen LogP contribution in [-0.4, -0.2) is 81.3 Å². The number of hydrogen-bond acceptors (Lipinski definition) is 10. The second kappa shape index (κ2) is 8.65. The van der Waals surface area contributed by atoms with E-state index in [1.165, 1.54) is 23.5 Å². The van der Waals surface area contributed by atoms with E-state index < -0.39 is 17.8 Å². The first-order valence-electron chi connectivity index (χ1n) is 11.0. The van der Waals surface area contributed by atoms with Gasteiger partial charge in [-0.25, -0.2) is 29.5 Å². The number of ether oxygens (including phenoxy) is 3. The number of nitrogens with zero attached hydrogens (tertiary/aromatic N) is 6. The number of carbonyl (C=O) groups is 2. The Kier molecular flexibility index (Phi) is 5.65. The van der Waals surface area contributed by atoms with Gasteiger partial charge in [-0.1, -0.05) is 0 Å². The van der Waals surface area contributed by atoms with Gasteiger partial charge < -0.3 is 24.2 Å². The highest BCUT2D eigenvalue weighted by atomic mass is 16.7. The number of hydrogen-bond donors (Lipinski definition) is 2. The lowest BCUT2D eigenvalue weighted by Gasteiger charge is -2.45. The van der Waals surface area contributed by atoms with Crippen LogP contribution < -0.4 is 19.9 Å². The largest absolute Gasteiger partial charge is 0.475 e. The summed E-state index contributed by atoms with van der Waals surface area (Å²) in [7, 11) is 0. The van der Waals surface area contributed by atoms with E-state index in [-0.39, 0.29) is 42.1 Å². The number of aromatic nitrogens is 4. The van der Waals surface area contributed by atoms with Crippen LogP contribution in [0.15, 0.2) is 18.6 Å². The van der Waals surface area contributed by atoms with Crippen LogP contribution in [0.25, 0.3) is 0 Å². The van der Waals surface area contributed by atoms with E-state index in [0.29, 0.717) is 18.8 Å². The van der Waals surface area contributed by atoms with Crippen molar-refractivity contribution in [3.8, 4) is 5.88 Å². The van der Waals surface area contributed by atoms with Crippen molar-refractivity contribution in [2.24, 2.45) is 0 Å². The zero-order valence-electron chi connectivity index (χ0n) is 18.8. The van der Waals surface area contributed by atoms with E-state index in [4.69, 9.17) is 14.2 Å². The molecule has 34 heavy (non-hydrogen) atoms. The molecule has 13 heteroatoms. The fraction of sp³-hybridized carbons (Fsp3) is 0.524. The quantitative estimate of drug-likeness (QED) is 0.653. The number of piperidine rings is 1. The summed E-state index contributed by atoms with van der Waals surface area (Å²) in [6, 6.07) is -0.615. The van der Waals surface area contributed by atoms with Gasteiger partial charge in [0.15, 0.2) is 17.4 Å². The van der Waals surface area contributed by atoms with Gasteiger partial charge in [0.1, 0.15) is 12.7 Å². The fourth-order valence-electron chi connectivity index (χ4n) is 4.34. The first kappa shape index (κ1) is 22.2. The molecule has 0 aromatic carbocycles. The van der Waals surface area contributed by atoms with Crippen molar-refractivity contribution < 1.29 is 28.9 Å². The minimum atomic E-state index is -1.26. The maximum Gasteiger partial charge on any atom is 0.374 e. The Morgan fingerprint density at radius 3 is 2.82 bits per heavy atom. The topological polar surface area (TPSA) is 152 Å². The predicted octanol–water partition coefficient (Wildman–Crippen LogP) is 1.52. The van der Waals surface area contributed by atoms with Gasteiger partial charge >= 0.3 is 12.0 Å². The van der Waals surface area contributed by atoms with E-state index in [1.54, 1.807) is 0 Å². The third-order valence-electron chi connectivity index (χ3n) is 5.84. The lowest BCUT2D eigenvalue weighted by molar-refractivity contribution is -0.141. The Labute approximate surface area is 195 Å². The lowest BCUT2D eigenvalue weighted by Crippen LogP contribution is -2.56. The Bertz CT molecular complexity index is 1100. The van der Waals surface area contributed by atoms with E-state index >= 15 is 0 Å². The second-order valence-corrected chi connectivity index (χ2v) is 8.75. The highest BCUT2D eigenvalue weighted by molar-refractivity contribution is 6.04. The van der Waals surface area contributed by atoms with E-state index in [0.717, 1.165) is 19.4 Å². The standard InChI is InChI=1S/C21H25N7O6/c1-21(2)33-11-13(34-21)10-32-16-8-22-15(7-23-16)25-20(31)28-12-4-3-5-27(9-12)14-6-24-17(19(29)30)26-18(14)28/h6-8,12-13H,3-5,9-11H2,1-2H3,(H,29,30)(H,22,25,31). The Balaban J connectivity index is 1.28. The van der Waals surface area contributed by atoms with Gasteiger partial charge in [-0.3, -0.25) is 10.2 Å². The molecular formula is C21H25N7O6. The third kappa shape index (κ3) is 4.43. The minimum Gasteiger partial charge on any atom is -0.475 e. The summed E-state index contributed by atoms with van der Waals surface area (Å²) < 4.78 is 16.8. The Hall–Kier alpha value is -3.58. The van der Waals surface area contributed by atoms with Crippen molar-refractivity contribution in [2.75, 3.05) is 41.4 Å². The van der Waals surface area contributed by atoms with Crippen molar-refractivity contribution in [1.29, 1.82) is 0 Å². The number of fused-ring (bicyclic) bond motifs is 4. The van der Waals surface area contributed by atoms with Crippen molar-refractivity contribution in [2.45, 2.75) is 44.6 Å². The number of carboxylic acid groups (broad SMARTS) is 1. The van der Waals surface area contributed by atoms with Gasteiger partial charge in [0.05, 0.1) is 36.9 Å². The number of amides is 2. The van der Waals surface area contributed by atoms with Crippen LogP contribution >= 0.6 is 0 Å². The average molecular weight is 471 g/mol. The first-order chi connectivity index (χ1) is 16.3. The van der Waals surface area contributed by atoms with Crippen molar-refractivity contribution in [1.82, 2.24) is 19.9 Å². The molecule has 2 aromatic heterocycles. The van der Waals surface area contributed by atoms with Gasteiger partial charge in [-0.2, -0.15) is 0 Å². The van der Waals surface area contributed by atoms with Crippen LogP contribution in [0, 0.1) is 0 Å². The molecule has 2 unspecified atom stereocenters. The number of carbonyl (C=O) groups excluding carboxylic acids is 1. The van der Waals surface area contributed by atoms with Crippen LogP contribution in [0.4, 0.5) is 22.1 Å². The molecule has 2 fully saturated rings. The molecule has 2 amide bonds. The molecule has 3 aliphatic heterocycles. The molecule has 2 atom stereocenters. The lowest BCUT2D eigenvalue weighted by atomic mass is 10.0. The molecule has 13 nitrogen and oxygen atoms in total. The second-order valence-electron chi connectivity index (χ2n) is 8.75. The minimum absolute atomic E-state index is 0.147. The number of carboxylic acids is 1. The molecule has 5 heterocycles. The van der Waals surface area contributed by atoms with Gasteiger partial charge in [0, 0.05) is 13.1 Å². The number of nitrogens with one attached hydrogen (secondary N) is 1. The fourth-order valence-corrected chi connectivity index (χ4v) is 4.34. The summed E-state index contributed by atoms with van der Waals surface area (Å²) in [5.74, 6) is -1.46. The first-order valence-corrected chi connectivity index (χ1v) is 11.0. The number of rotatable bonds is 5. The highest BCUT2D eigenvalue weighted by Gasteiger charge is 2.39. The zero-order valence-corrected chi connectivity index (χ0v) is 18.8. The number of anilines is 3. The van der Waals surface area contributed by atoms with Crippen LogP contribution in [0.5, 0.6) is 5.88 Å². The molecule has 2 saturated heterocycles. The molecule has 2 N–H and O–H groups in total. The summed E-state index contributed by atoms with van der Waals surface area (Å²) in [4.78, 5) is 44.7. The van der Waals surface area contributed by atoms with Gasteiger partial charge in [-0.05, 0) is 26.7 Å². The highest BCUT2D eigenvalue weighted by Crippen LogP contribution is 2.37. The van der Waals surface area contributed by atoms with Crippen LogP contribution in [0.1, 0.15) is 37.3 Å². The van der Waals surface area contributed by atoms with E-state index in [2.05, 4.69) is 30.2 Å². The molecule has 180 valence electrons. The molecular weight excluding hydrogens is 446 g/mol. The normalized spacial score (nSPS) is 22.8. The van der Waals surface area contributed by atoms with Crippen molar-refractivity contribution >= 4 is 29.3 Å². The van der Waals surface area contributed by atoms with Crippen molar-refractivity contribution in [3.05, 3.63) is 24.4 Å². The molecule has 2 bridgehead atoms. The maximum absolute atomic E-state index is 13.2. The monoisotopic (exact) mass is 471 g/mol. The molecule has 0 saturated carbocycles. The van der Waals surface area contributed by atoms with Crippen molar-refractivity contribution in [3.63, 3.8) is 0 Å².